The summed E-state index contributed by atoms with van der Waals surface area (Å²) in [6.45, 7) is 2.20. The number of carbonyl (C=O) groups is 1. The van der Waals surface area contributed by atoms with Gasteiger partial charge in [-0.05, 0) is 53.8 Å². The number of anilines is 1. The van der Waals surface area contributed by atoms with Gasteiger partial charge in [-0.15, -0.1) is 16.4 Å². The number of amides is 1. The van der Waals surface area contributed by atoms with Crippen molar-refractivity contribution in [2.45, 2.75) is 31.8 Å². The number of hydrogen-bond acceptors (Lipinski definition) is 6. The third kappa shape index (κ3) is 3.75. The molecule has 1 aliphatic carbocycles. The fourth-order valence-corrected chi connectivity index (χ4v) is 3.54. The van der Waals surface area contributed by atoms with Crippen molar-refractivity contribution in [3.8, 4) is 11.4 Å². The molecule has 2 N–H and O–H groups in total. The van der Waals surface area contributed by atoms with Crippen molar-refractivity contribution in [2.75, 3.05) is 11.9 Å². The fourth-order valence-electron chi connectivity index (χ4n) is 2.80. The molecule has 0 saturated heterocycles. The Kier molecular flexibility index (Phi) is 4.66. The lowest BCUT2D eigenvalue weighted by Crippen LogP contribution is -2.31. The monoisotopic (exact) mass is 368 g/mol. The number of thiophene rings is 1. The summed E-state index contributed by atoms with van der Waals surface area (Å²) < 4.78 is 1.88. The van der Waals surface area contributed by atoms with Crippen LogP contribution < -0.4 is 10.6 Å². The van der Waals surface area contributed by atoms with E-state index in [2.05, 4.69) is 26.2 Å². The smallest absolute Gasteiger partial charge is 0.239 e. The standard InChI is InChI=1S/C18H20N6OS/c1-12(16-6-3-9-26-16)20-17(25)11-19-14-5-2-4-13(10-14)18-21-22-23-24(18)15-7-8-15/h2-6,9-10,12,15,19H,7-8,11H2,1H3,(H,20,25). The van der Waals surface area contributed by atoms with Crippen molar-refractivity contribution in [1.82, 2.24) is 25.5 Å². The molecule has 1 unspecified atom stereocenters. The number of nitrogens with zero attached hydrogens (tertiary/aromatic N) is 4. The molecule has 4 rings (SSSR count). The van der Waals surface area contributed by atoms with E-state index in [1.165, 1.54) is 0 Å². The van der Waals surface area contributed by atoms with Crippen LogP contribution in [-0.4, -0.2) is 32.7 Å². The van der Waals surface area contributed by atoms with Crippen LogP contribution in [0.1, 0.15) is 36.7 Å². The summed E-state index contributed by atoms with van der Waals surface area (Å²) in [6.07, 6.45) is 2.25. The van der Waals surface area contributed by atoms with Crippen LogP contribution in [0.5, 0.6) is 0 Å². The Labute approximate surface area is 155 Å². The molecular formula is C18H20N6OS. The summed E-state index contributed by atoms with van der Waals surface area (Å²) in [5.41, 5.74) is 1.81. The van der Waals surface area contributed by atoms with Crippen molar-refractivity contribution in [1.29, 1.82) is 0 Å². The molecule has 1 aliphatic rings. The van der Waals surface area contributed by atoms with Crippen LogP contribution in [0.2, 0.25) is 0 Å². The van der Waals surface area contributed by atoms with Crippen LogP contribution in [0.25, 0.3) is 11.4 Å². The summed E-state index contributed by atoms with van der Waals surface area (Å²) in [6, 6.07) is 12.3. The van der Waals surface area contributed by atoms with Gasteiger partial charge in [0, 0.05) is 16.1 Å². The number of nitrogens with one attached hydrogen (secondary N) is 2. The summed E-state index contributed by atoms with van der Waals surface area (Å²) in [7, 11) is 0. The maximum atomic E-state index is 12.2. The van der Waals surface area contributed by atoms with Crippen LogP contribution in [0.3, 0.4) is 0 Å². The quantitative estimate of drug-likeness (QED) is 0.670. The van der Waals surface area contributed by atoms with Gasteiger partial charge in [-0.25, -0.2) is 4.68 Å². The lowest BCUT2D eigenvalue weighted by atomic mass is 10.2. The Morgan fingerprint density at radius 3 is 3.00 bits per heavy atom. The zero-order valence-corrected chi connectivity index (χ0v) is 15.2. The molecule has 0 radical (unpaired) electrons. The Bertz CT molecular complexity index is 887. The van der Waals surface area contributed by atoms with E-state index >= 15 is 0 Å². The number of benzene rings is 1. The van der Waals surface area contributed by atoms with Gasteiger partial charge in [0.2, 0.25) is 5.91 Å². The van der Waals surface area contributed by atoms with E-state index in [4.69, 9.17) is 0 Å². The first-order valence-corrected chi connectivity index (χ1v) is 9.53. The summed E-state index contributed by atoms with van der Waals surface area (Å²) in [4.78, 5) is 13.3. The molecule has 1 atom stereocenters. The van der Waals surface area contributed by atoms with Gasteiger partial charge in [-0.2, -0.15) is 0 Å². The lowest BCUT2D eigenvalue weighted by Gasteiger charge is -2.13. The summed E-state index contributed by atoms with van der Waals surface area (Å²) in [5, 5.41) is 20.2. The molecule has 1 aromatic carbocycles. The molecule has 0 bridgehead atoms. The average Bonchev–Trinajstić information content (AvgIpc) is 3.14. The largest absolute Gasteiger partial charge is 0.376 e. The highest BCUT2D eigenvalue weighted by Crippen LogP contribution is 2.36. The number of aromatic nitrogens is 4. The van der Waals surface area contributed by atoms with Crippen LogP contribution in [0.15, 0.2) is 41.8 Å². The van der Waals surface area contributed by atoms with Gasteiger partial charge in [0.05, 0.1) is 18.6 Å². The van der Waals surface area contributed by atoms with Crippen molar-refractivity contribution in [2.24, 2.45) is 0 Å². The minimum absolute atomic E-state index is 0.0128. The Hall–Kier alpha value is -2.74. The molecule has 1 saturated carbocycles. The Morgan fingerprint density at radius 1 is 1.35 bits per heavy atom. The predicted octanol–water partition coefficient (Wildman–Crippen LogP) is 3.03. The van der Waals surface area contributed by atoms with Crippen molar-refractivity contribution >= 4 is 22.9 Å². The van der Waals surface area contributed by atoms with Gasteiger partial charge < -0.3 is 10.6 Å². The highest BCUT2D eigenvalue weighted by Gasteiger charge is 2.28. The lowest BCUT2D eigenvalue weighted by molar-refractivity contribution is -0.120. The number of tetrazole rings is 1. The minimum atomic E-state index is -0.0425. The second kappa shape index (κ2) is 7.25. The van der Waals surface area contributed by atoms with E-state index in [1.54, 1.807) is 11.3 Å². The highest BCUT2D eigenvalue weighted by atomic mass is 32.1. The van der Waals surface area contributed by atoms with Gasteiger partial charge in [-0.3, -0.25) is 4.79 Å². The fraction of sp³-hybridized carbons (Fsp3) is 0.333. The Balaban J connectivity index is 1.38. The molecule has 134 valence electrons. The van der Waals surface area contributed by atoms with Gasteiger partial charge in [-0.1, -0.05) is 18.2 Å². The van der Waals surface area contributed by atoms with Crippen LogP contribution in [-0.2, 0) is 4.79 Å². The molecule has 8 heteroatoms. The summed E-state index contributed by atoms with van der Waals surface area (Å²) >= 11 is 1.64. The first kappa shape index (κ1) is 16.7. The van der Waals surface area contributed by atoms with Gasteiger partial charge in [0.1, 0.15) is 0 Å². The van der Waals surface area contributed by atoms with Gasteiger partial charge in [0.15, 0.2) is 5.82 Å². The maximum Gasteiger partial charge on any atom is 0.239 e. The highest BCUT2D eigenvalue weighted by molar-refractivity contribution is 7.10. The zero-order chi connectivity index (χ0) is 17.9. The molecule has 26 heavy (non-hydrogen) atoms. The number of hydrogen-bond donors (Lipinski definition) is 2. The molecule has 3 aromatic rings. The van der Waals surface area contributed by atoms with E-state index < -0.39 is 0 Å². The number of rotatable bonds is 7. The van der Waals surface area contributed by atoms with Crippen molar-refractivity contribution in [3.63, 3.8) is 0 Å². The molecule has 1 fully saturated rings. The molecule has 0 spiro atoms. The van der Waals surface area contributed by atoms with E-state index in [9.17, 15) is 4.79 Å². The zero-order valence-electron chi connectivity index (χ0n) is 14.4. The Morgan fingerprint density at radius 2 is 2.23 bits per heavy atom. The van der Waals surface area contributed by atoms with Crippen molar-refractivity contribution in [3.05, 3.63) is 46.7 Å². The van der Waals surface area contributed by atoms with Crippen LogP contribution in [0, 0.1) is 0 Å². The van der Waals surface area contributed by atoms with E-state index in [1.807, 2.05) is 53.4 Å². The molecule has 2 aromatic heterocycles. The number of carbonyl (C=O) groups excluding carboxylic acids is 1. The van der Waals surface area contributed by atoms with E-state index in [0.717, 1.165) is 34.8 Å². The third-order valence-electron chi connectivity index (χ3n) is 4.31. The topological polar surface area (TPSA) is 84.7 Å². The third-order valence-corrected chi connectivity index (χ3v) is 5.36. The summed E-state index contributed by atoms with van der Waals surface area (Å²) in [5.74, 6) is 0.728. The second-order valence-corrected chi connectivity index (χ2v) is 7.40. The normalized spacial score (nSPS) is 14.8. The average molecular weight is 368 g/mol. The minimum Gasteiger partial charge on any atom is -0.376 e. The van der Waals surface area contributed by atoms with E-state index in [0.29, 0.717) is 6.04 Å². The molecular weight excluding hydrogens is 348 g/mol. The molecule has 2 heterocycles. The van der Waals surface area contributed by atoms with E-state index in [-0.39, 0.29) is 18.5 Å². The molecule has 7 nitrogen and oxygen atoms in total. The first-order valence-electron chi connectivity index (χ1n) is 8.65. The second-order valence-electron chi connectivity index (χ2n) is 6.42. The SMILES string of the molecule is CC(NC(=O)CNc1cccc(-c2nnnn2C2CC2)c1)c1cccs1. The van der Waals surface area contributed by atoms with Gasteiger partial charge >= 0.3 is 0 Å². The van der Waals surface area contributed by atoms with Crippen LogP contribution in [0.4, 0.5) is 5.69 Å². The first-order chi connectivity index (χ1) is 12.7. The predicted molar refractivity (Wildman–Crippen MR) is 101 cm³/mol. The maximum absolute atomic E-state index is 12.2. The van der Waals surface area contributed by atoms with Crippen molar-refractivity contribution < 1.29 is 4.79 Å². The molecule has 0 aliphatic heterocycles. The molecule has 1 amide bonds. The van der Waals surface area contributed by atoms with Crippen LogP contribution >= 0.6 is 11.3 Å². The van der Waals surface area contributed by atoms with Gasteiger partial charge in [0.25, 0.3) is 0 Å².